The Kier molecular flexibility index (Phi) is 5.20. The Bertz CT molecular complexity index is 463. The van der Waals surface area contributed by atoms with Crippen molar-refractivity contribution >= 4 is 11.8 Å². The Balaban J connectivity index is 3.23. The van der Waals surface area contributed by atoms with Gasteiger partial charge in [-0.1, -0.05) is 24.3 Å². The van der Waals surface area contributed by atoms with E-state index in [1.54, 1.807) is 38.1 Å². The molecule has 0 aliphatic heterocycles. The van der Waals surface area contributed by atoms with E-state index in [0.717, 1.165) is 0 Å². The molecule has 0 aliphatic carbocycles. The number of hydrogen-bond donors (Lipinski definition) is 0. The predicted octanol–water partition coefficient (Wildman–Crippen LogP) is 1.90. The normalized spacial score (nSPS) is 11.2. The molecule has 0 fully saturated rings. The minimum absolute atomic E-state index is 0.151. The highest BCUT2D eigenvalue weighted by atomic mass is 16.7. The first-order valence-corrected chi connectivity index (χ1v) is 5.91. The molecule has 0 bridgehead atoms. The molecule has 1 aromatic carbocycles. The van der Waals surface area contributed by atoms with Crippen molar-refractivity contribution in [1.82, 2.24) is 0 Å². The molecule has 1 aromatic rings. The van der Waals surface area contributed by atoms with Gasteiger partial charge in [0.1, 0.15) is 0 Å². The summed E-state index contributed by atoms with van der Waals surface area (Å²) in [7, 11) is 2.93. The van der Waals surface area contributed by atoms with E-state index in [1.807, 2.05) is 0 Å². The lowest BCUT2D eigenvalue weighted by Crippen LogP contribution is -2.30. The van der Waals surface area contributed by atoms with Gasteiger partial charge < -0.3 is 14.2 Å². The number of benzene rings is 1. The fourth-order valence-corrected chi connectivity index (χ4v) is 1.69. The highest BCUT2D eigenvalue weighted by Crippen LogP contribution is 2.28. The van der Waals surface area contributed by atoms with Crippen LogP contribution in [0.25, 0.3) is 0 Å². The Morgan fingerprint density at radius 3 is 2.26 bits per heavy atom. The SMILES string of the molecule is CCOC(=O)C(=O)c1ccccc1C(C)(OC)OC. The van der Waals surface area contributed by atoms with E-state index in [2.05, 4.69) is 0 Å². The van der Waals surface area contributed by atoms with Crippen molar-refractivity contribution in [2.24, 2.45) is 0 Å². The van der Waals surface area contributed by atoms with Crippen LogP contribution < -0.4 is 0 Å². The number of esters is 1. The summed E-state index contributed by atoms with van der Waals surface area (Å²) >= 11 is 0. The minimum atomic E-state index is -1.10. The summed E-state index contributed by atoms with van der Waals surface area (Å²) in [5.74, 6) is -2.69. The highest BCUT2D eigenvalue weighted by molar-refractivity contribution is 6.41. The van der Waals surface area contributed by atoms with Crippen LogP contribution in [-0.4, -0.2) is 32.6 Å². The summed E-state index contributed by atoms with van der Waals surface area (Å²) in [5, 5.41) is 0. The summed E-state index contributed by atoms with van der Waals surface area (Å²) in [6.45, 7) is 3.47. The van der Waals surface area contributed by atoms with Crippen molar-refractivity contribution in [3.63, 3.8) is 0 Å². The molecule has 0 unspecified atom stereocenters. The van der Waals surface area contributed by atoms with Crippen LogP contribution in [0, 0.1) is 0 Å². The Morgan fingerprint density at radius 2 is 1.74 bits per heavy atom. The summed E-state index contributed by atoms with van der Waals surface area (Å²) in [6, 6.07) is 6.64. The third-order valence-electron chi connectivity index (χ3n) is 2.90. The Hall–Kier alpha value is -1.72. The maximum absolute atomic E-state index is 12.0. The van der Waals surface area contributed by atoms with Crippen molar-refractivity contribution in [2.75, 3.05) is 20.8 Å². The van der Waals surface area contributed by atoms with Crippen molar-refractivity contribution < 1.29 is 23.8 Å². The lowest BCUT2D eigenvalue weighted by Gasteiger charge is -2.28. The Labute approximate surface area is 112 Å². The molecule has 0 saturated heterocycles. The van der Waals surface area contributed by atoms with Gasteiger partial charge in [-0.2, -0.15) is 0 Å². The van der Waals surface area contributed by atoms with Crippen LogP contribution in [0.5, 0.6) is 0 Å². The average Bonchev–Trinajstić information content (AvgIpc) is 2.46. The fraction of sp³-hybridized carbons (Fsp3) is 0.429. The zero-order valence-corrected chi connectivity index (χ0v) is 11.6. The molecule has 19 heavy (non-hydrogen) atoms. The van der Waals surface area contributed by atoms with Gasteiger partial charge >= 0.3 is 5.97 Å². The molecule has 0 radical (unpaired) electrons. The topological polar surface area (TPSA) is 61.8 Å². The van der Waals surface area contributed by atoms with Crippen LogP contribution in [-0.2, 0) is 24.8 Å². The van der Waals surface area contributed by atoms with E-state index in [4.69, 9.17) is 14.2 Å². The summed E-state index contributed by atoms with van der Waals surface area (Å²) in [6.07, 6.45) is 0. The van der Waals surface area contributed by atoms with Gasteiger partial charge in [0.15, 0.2) is 5.79 Å². The summed E-state index contributed by atoms with van der Waals surface area (Å²) in [4.78, 5) is 23.6. The van der Waals surface area contributed by atoms with Gasteiger partial charge in [0, 0.05) is 25.3 Å². The lowest BCUT2D eigenvalue weighted by atomic mass is 9.97. The van der Waals surface area contributed by atoms with E-state index in [9.17, 15) is 9.59 Å². The zero-order chi connectivity index (χ0) is 14.5. The number of methoxy groups -OCH3 is 2. The highest BCUT2D eigenvalue weighted by Gasteiger charge is 2.32. The molecule has 0 N–H and O–H groups in total. The zero-order valence-electron chi connectivity index (χ0n) is 11.6. The van der Waals surface area contributed by atoms with Gasteiger partial charge in [-0.25, -0.2) is 4.79 Å². The molecular formula is C14H18O5. The number of rotatable bonds is 6. The smallest absolute Gasteiger partial charge is 0.379 e. The van der Waals surface area contributed by atoms with Crippen molar-refractivity contribution in [2.45, 2.75) is 19.6 Å². The summed E-state index contributed by atoms with van der Waals surface area (Å²) < 4.78 is 15.3. The molecule has 0 amide bonds. The van der Waals surface area contributed by atoms with E-state index >= 15 is 0 Å². The van der Waals surface area contributed by atoms with Gasteiger partial charge in [0.2, 0.25) is 0 Å². The van der Waals surface area contributed by atoms with E-state index in [-0.39, 0.29) is 12.2 Å². The van der Waals surface area contributed by atoms with Gasteiger partial charge in [-0.3, -0.25) is 4.79 Å². The molecule has 0 spiro atoms. The molecule has 5 nitrogen and oxygen atoms in total. The average molecular weight is 266 g/mol. The number of Topliss-reactive ketones (excluding diaryl/α,β-unsaturated/α-hetero) is 1. The third kappa shape index (κ3) is 3.19. The van der Waals surface area contributed by atoms with Crippen molar-refractivity contribution in [3.8, 4) is 0 Å². The van der Waals surface area contributed by atoms with E-state index in [1.165, 1.54) is 14.2 Å². The molecule has 5 heteroatoms. The van der Waals surface area contributed by atoms with Crippen LogP contribution >= 0.6 is 0 Å². The fourth-order valence-electron chi connectivity index (χ4n) is 1.69. The Morgan fingerprint density at radius 1 is 1.16 bits per heavy atom. The first-order valence-electron chi connectivity index (χ1n) is 5.91. The predicted molar refractivity (Wildman–Crippen MR) is 68.8 cm³/mol. The number of carbonyl (C=O) groups is 2. The van der Waals surface area contributed by atoms with E-state index < -0.39 is 17.5 Å². The lowest BCUT2D eigenvalue weighted by molar-refractivity contribution is -0.202. The second kappa shape index (κ2) is 6.45. The molecule has 0 heterocycles. The van der Waals surface area contributed by atoms with Gasteiger partial charge in [-0.05, 0) is 13.8 Å². The quantitative estimate of drug-likeness (QED) is 0.340. The van der Waals surface area contributed by atoms with Crippen LogP contribution in [0.4, 0.5) is 0 Å². The van der Waals surface area contributed by atoms with Crippen molar-refractivity contribution in [1.29, 1.82) is 0 Å². The largest absolute Gasteiger partial charge is 0.460 e. The van der Waals surface area contributed by atoms with Crippen LogP contribution in [0.2, 0.25) is 0 Å². The molecule has 0 aromatic heterocycles. The van der Waals surface area contributed by atoms with Gasteiger partial charge in [-0.15, -0.1) is 0 Å². The second-order valence-electron chi connectivity index (χ2n) is 3.95. The molecular weight excluding hydrogens is 248 g/mol. The molecule has 0 aliphatic rings. The number of hydrogen-bond acceptors (Lipinski definition) is 5. The monoisotopic (exact) mass is 266 g/mol. The molecule has 0 saturated carbocycles. The minimum Gasteiger partial charge on any atom is -0.460 e. The molecule has 104 valence electrons. The first kappa shape index (κ1) is 15.3. The van der Waals surface area contributed by atoms with Crippen LogP contribution in [0.15, 0.2) is 24.3 Å². The van der Waals surface area contributed by atoms with Crippen molar-refractivity contribution in [3.05, 3.63) is 35.4 Å². The van der Waals surface area contributed by atoms with Crippen LogP contribution in [0.3, 0.4) is 0 Å². The molecule has 1 rings (SSSR count). The number of carbonyl (C=O) groups excluding carboxylic acids is 2. The van der Waals surface area contributed by atoms with E-state index in [0.29, 0.717) is 5.56 Å². The standard InChI is InChI=1S/C14H18O5/c1-5-19-13(16)12(15)10-8-6-7-9-11(10)14(2,17-3)18-4/h6-9H,5H2,1-4H3. The van der Waals surface area contributed by atoms with Gasteiger partial charge in [0.25, 0.3) is 5.78 Å². The van der Waals surface area contributed by atoms with Gasteiger partial charge in [0.05, 0.1) is 6.61 Å². The molecule has 0 atom stereocenters. The number of ether oxygens (including phenoxy) is 3. The third-order valence-corrected chi connectivity index (χ3v) is 2.90. The number of ketones is 1. The first-order chi connectivity index (χ1) is 9.00. The van der Waals surface area contributed by atoms with Crippen LogP contribution in [0.1, 0.15) is 29.8 Å². The second-order valence-corrected chi connectivity index (χ2v) is 3.95. The maximum Gasteiger partial charge on any atom is 0.379 e. The summed E-state index contributed by atoms with van der Waals surface area (Å²) in [5.41, 5.74) is 0.699. The maximum atomic E-state index is 12.0.